The summed E-state index contributed by atoms with van der Waals surface area (Å²) in [5.74, 6) is 0.252. The highest BCUT2D eigenvalue weighted by atomic mass is 14.8. The maximum atomic E-state index is 5.51. The molecule has 630 valence electrons. The van der Waals surface area contributed by atoms with Crippen LogP contribution in [0.4, 0.5) is 0 Å². The number of rotatable bonds is 18. The topological polar surface area (TPSA) is 77.3 Å². The van der Waals surface area contributed by atoms with Crippen molar-refractivity contribution in [1.82, 2.24) is 29.9 Å². The van der Waals surface area contributed by atoms with Crippen LogP contribution in [0.3, 0.4) is 0 Å². The molecule has 2 unspecified atom stereocenters. The van der Waals surface area contributed by atoms with Crippen LogP contribution < -0.4 is 0 Å². The molecule has 0 spiro atoms. The van der Waals surface area contributed by atoms with Crippen molar-refractivity contribution in [3.05, 3.63) is 502 Å². The Morgan fingerprint density at radius 1 is 0.215 bits per heavy atom. The minimum absolute atomic E-state index is 0.126. The van der Waals surface area contributed by atoms with Crippen LogP contribution in [-0.2, 0) is 23.7 Å². The molecule has 15 aromatic carbocycles. The van der Waals surface area contributed by atoms with Gasteiger partial charge in [-0.1, -0.05) is 418 Å². The molecular formula is C124H104N6. The van der Waals surface area contributed by atoms with Gasteiger partial charge in [-0.3, -0.25) is 9.97 Å². The summed E-state index contributed by atoms with van der Waals surface area (Å²) in [4.78, 5) is 32.7. The summed E-state index contributed by atoms with van der Waals surface area (Å²) >= 11 is 0. The zero-order valence-electron chi connectivity index (χ0n) is 75.5. The first-order chi connectivity index (χ1) is 63.5. The molecule has 0 saturated heterocycles. The van der Waals surface area contributed by atoms with Crippen LogP contribution in [-0.4, -0.2) is 29.9 Å². The summed E-state index contributed by atoms with van der Waals surface area (Å²) in [6, 6.07) is 147. The number of pyridine rings is 6. The minimum Gasteiger partial charge on any atom is -0.250 e. The van der Waals surface area contributed by atoms with Crippen LogP contribution in [0.25, 0.3) is 132 Å². The van der Waals surface area contributed by atoms with Gasteiger partial charge in [0.25, 0.3) is 0 Å². The molecule has 6 heterocycles. The summed E-state index contributed by atoms with van der Waals surface area (Å²) in [5.41, 5.74) is 38.3. The van der Waals surface area contributed by atoms with Gasteiger partial charge in [-0.25, -0.2) is 19.9 Å². The van der Waals surface area contributed by atoms with Crippen LogP contribution in [0.1, 0.15) is 143 Å². The van der Waals surface area contributed by atoms with Crippen molar-refractivity contribution in [3.8, 4) is 66.8 Å². The maximum absolute atomic E-state index is 5.51. The largest absolute Gasteiger partial charge is 0.250 e. The first-order valence-electron chi connectivity index (χ1n) is 45.4. The highest BCUT2D eigenvalue weighted by Gasteiger charge is 2.31. The number of hydrogen-bond acceptors (Lipinski definition) is 6. The molecule has 0 amide bonds. The van der Waals surface area contributed by atoms with Gasteiger partial charge in [0, 0.05) is 90.6 Å². The fourth-order valence-corrected chi connectivity index (χ4v) is 19.0. The number of aryl methyl sites for hydroxylation is 4. The van der Waals surface area contributed by atoms with Crippen molar-refractivity contribution in [3.63, 3.8) is 0 Å². The molecule has 130 heavy (non-hydrogen) atoms. The molecule has 2 atom stereocenters. The van der Waals surface area contributed by atoms with Crippen LogP contribution in [0, 0.1) is 27.7 Å². The van der Waals surface area contributed by atoms with Gasteiger partial charge in [0.1, 0.15) is 0 Å². The molecular weight excluding hydrogens is 1570 g/mol. The maximum Gasteiger partial charge on any atom is 0.0974 e. The average molecular weight is 1680 g/mol. The third-order valence-electron chi connectivity index (χ3n) is 26.7. The molecule has 6 heteroatoms. The molecule has 0 aliphatic rings. The lowest BCUT2D eigenvalue weighted by Gasteiger charge is -2.28. The van der Waals surface area contributed by atoms with Gasteiger partial charge < -0.3 is 0 Å². The van der Waals surface area contributed by atoms with Crippen molar-refractivity contribution in [2.45, 2.75) is 105 Å². The van der Waals surface area contributed by atoms with Crippen molar-refractivity contribution in [2.24, 2.45) is 0 Å². The van der Waals surface area contributed by atoms with E-state index in [1.165, 1.54) is 122 Å². The second-order valence-corrected chi connectivity index (χ2v) is 35.7. The van der Waals surface area contributed by atoms with Gasteiger partial charge in [0.15, 0.2) is 0 Å². The third kappa shape index (κ3) is 17.0. The van der Waals surface area contributed by atoms with Gasteiger partial charge in [0.05, 0.1) is 44.5 Å². The standard InChI is InChI=1S/2C42H36N2.C40H32N2/c1-41(2,31-21-13-7-14-22-31)37-27-35(29-17-9-5-10-18-29)33-25-26-34-36(30-19-11-6-12-20-30)28-38(44-40(34)39(33)43-37)42(3,4)32-23-15-8-16-24-32;1-27-15-11-13-21-33(27)29(3)39-25-37(31-17-7-5-8-18-31)35-23-24-36-38(32-19-9-6-10-20-32)26-40(44-42(36)41(35)43-39)30(4)34-22-14-12-16-28(34)2;1-27-13-9-11-19-31(27)23-33-25-37(29-15-5-3-6-16-29)35-21-22-36-38(30-17-7-4-8-18-30)26-34(42-40(36)39(35)41-33)24-32-20-12-10-14-28(32)2/h5-28H,1-4H3;5-26,29-30H,1-4H3;3-22,25-26H,23-24H2,1-2H3. The quantitative estimate of drug-likeness (QED) is 0.0797. The molecule has 0 bridgehead atoms. The van der Waals surface area contributed by atoms with Crippen molar-refractivity contribution in [1.29, 1.82) is 0 Å². The first kappa shape index (κ1) is 84.3. The first-order valence-corrected chi connectivity index (χ1v) is 45.4. The lowest BCUT2D eigenvalue weighted by atomic mass is 9.79. The van der Waals surface area contributed by atoms with Gasteiger partial charge in [-0.05, 0) is 186 Å². The summed E-state index contributed by atoms with van der Waals surface area (Å²) in [7, 11) is 0. The Hall–Kier alpha value is -15.2. The SMILES string of the molecule is CC(C)(c1ccccc1)c1cc(-c2ccccc2)c2ccc3c(-c4ccccc4)cc(C(C)(C)c4ccccc4)nc3c2n1.Cc1ccccc1C(C)c1cc(-c2ccccc2)c2ccc3c(-c4ccccc4)cc(C(C)c4ccccc4C)nc3c2n1.Cc1ccccc1Cc1cc(-c2ccccc2)c2ccc3c(-c4ccccc4)cc(Cc4ccccc4C)nc3c2n1. The molecule has 21 rings (SSSR count). The monoisotopic (exact) mass is 1680 g/mol. The van der Waals surface area contributed by atoms with E-state index in [0.717, 1.165) is 112 Å². The van der Waals surface area contributed by atoms with E-state index >= 15 is 0 Å². The predicted molar refractivity (Wildman–Crippen MR) is 546 cm³/mol. The van der Waals surface area contributed by atoms with E-state index in [-0.39, 0.29) is 22.7 Å². The minimum atomic E-state index is -0.315. The van der Waals surface area contributed by atoms with E-state index < -0.39 is 0 Å². The zero-order chi connectivity index (χ0) is 89.0. The Balaban J connectivity index is 0.000000126. The third-order valence-corrected chi connectivity index (χ3v) is 26.7. The highest BCUT2D eigenvalue weighted by Crippen LogP contribution is 2.46. The van der Waals surface area contributed by atoms with E-state index in [1.54, 1.807) is 0 Å². The van der Waals surface area contributed by atoms with E-state index in [0.29, 0.717) is 0 Å². The van der Waals surface area contributed by atoms with Crippen LogP contribution in [0.15, 0.2) is 413 Å². The molecule has 0 saturated carbocycles. The van der Waals surface area contributed by atoms with Crippen LogP contribution >= 0.6 is 0 Å². The zero-order valence-corrected chi connectivity index (χ0v) is 75.5. The Labute approximate surface area is 763 Å². The summed E-state index contributed by atoms with van der Waals surface area (Å²) in [5, 5.41) is 6.71. The van der Waals surface area contributed by atoms with E-state index in [2.05, 4.69) is 482 Å². The van der Waals surface area contributed by atoms with E-state index in [1.807, 2.05) is 0 Å². The van der Waals surface area contributed by atoms with Crippen molar-refractivity contribution < 1.29 is 0 Å². The molecule has 0 aliphatic carbocycles. The van der Waals surface area contributed by atoms with Gasteiger partial charge in [-0.15, -0.1) is 0 Å². The normalized spacial score (nSPS) is 12.1. The van der Waals surface area contributed by atoms with Crippen molar-refractivity contribution >= 4 is 65.4 Å². The fraction of sp³-hybridized carbons (Fsp3) is 0.129. The lowest BCUT2D eigenvalue weighted by Crippen LogP contribution is -2.21. The second-order valence-electron chi connectivity index (χ2n) is 35.7. The van der Waals surface area contributed by atoms with Gasteiger partial charge in [0.2, 0.25) is 0 Å². The highest BCUT2D eigenvalue weighted by molar-refractivity contribution is 6.15. The summed E-state index contributed by atoms with van der Waals surface area (Å²) in [6.45, 7) is 22.3. The summed E-state index contributed by atoms with van der Waals surface area (Å²) < 4.78 is 0. The molecule has 21 aromatic rings. The fourth-order valence-electron chi connectivity index (χ4n) is 19.0. The van der Waals surface area contributed by atoms with Gasteiger partial charge in [-0.2, -0.15) is 0 Å². The average Bonchev–Trinajstić information content (AvgIpc) is 0.708. The smallest absolute Gasteiger partial charge is 0.0974 e. The van der Waals surface area contributed by atoms with Crippen LogP contribution in [0.5, 0.6) is 0 Å². The molecule has 0 aliphatic heterocycles. The number of fused-ring (bicyclic) bond motifs is 9. The molecule has 0 radical (unpaired) electrons. The Bertz CT molecular complexity index is 7230. The number of nitrogens with zero attached hydrogens (tertiary/aromatic N) is 6. The molecule has 6 aromatic heterocycles. The van der Waals surface area contributed by atoms with E-state index in [4.69, 9.17) is 29.9 Å². The predicted octanol–water partition coefficient (Wildman–Crippen LogP) is 31.7. The Morgan fingerprint density at radius 2 is 0.438 bits per heavy atom. The molecule has 0 N–H and O–H groups in total. The Morgan fingerprint density at radius 3 is 0.715 bits per heavy atom. The number of hydrogen-bond donors (Lipinski definition) is 0. The second kappa shape index (κ2) is 36.6. The number of aromatic nitrogens is 6. The van der Waals surface area contributed by atoms with Crippen molar-refractivity contribution in [2.75, 3.05) is 0 Å². The molecule has 0 fully saturated rings. The summed E-state index contributed by atoms with van der Waals surface area (Å²) in [6.07, 6.45) is 1.54. The lowest BCUT2D eigenvalue weighted by molar-refractivity contribution is 0.618. The van der Waals surface area contributed by atoms with E-state index in [9.17, 15) is 0 Å². The Kier molecular flexibility index (Phi) is 23.7. The number of benzene rings is 15. The van der Waals surface area contributed by atoms with Gasteiger partial charge >= 0.3 is 0 Å². The molecule has 6 nitrogen and oxygen atoms in total. The van der Waals surface area contributed by atoms with Crippen LogP contribution in [0.2, 0.25) is 0 Å².